The van der Waals surface area contributed by atoms with Crippen LogP contribution in [0.3, 0.4) is 0 Å². The van der Waals surface area contributed by atoms with E-state index in [2.05, 4.69) is 12.1 Å². The maximum atomic E-state index is 9.50. The van der Waals surface area contributed by atoms with E-state index in [9.17, 15) is 5.11 Å². The van der Waals surface area contributed by atoms with Crippen LogP contribution in [0.5, 0.6) is 5.75 Å². The van der Waals surface area contributed by atoms with Gasteiger partial charge in [0.1, 0.15) is 12.5 Å². The lowest BCUT2D eigenvalue weighted by atomic mass is 9.74. The van der Waals surface area contributed by atoms with Gasteiger partial charge in [0.2, 0.25) is 0 Å². The van der Waals surface area contributed by atoms with E-state index >= 15 is 0 Å². The van der Waals surface area contributed by atoms with Crippen LogP contribution in [0.2, 0.25) is 0 Å². The summed E-state index contributed by atoms with van der Waals surface area (Å²) in [6, 6.07) is 17.5. The zero-order chi connectivity index (χ0) is 14.0. The lowest BCUT2D eigenvalue weighted by Gasteiger charge is -2.41. The molecule has 1 heterocycles. The maximum Gasteiger partial charge on any atom is 0.115 e. The van der Waals surface area contributed by atoms with Crippen molar-refractivity contribution in [2.24, 2.45) is 5.84 Å². The molecule has 0 aromatic heterocycles. The van der Waals surface area contributed by atoms with Crippen LogP contribution >= 0.6 is 0 Å². The Balaban J connectivity index is 2.10. The number of hydrazine groups is 1. The van der Waals surface area contributed by atoms with E-state index < -0.39 is 0 Å². The summed E-state index contributed by atoms with van der Waals surface area (Å²) in [4.78, 5) is 0. The highest BCUT2D eigenvalue weighted by Crippen LogP contribution is 2.36. The molecule has 0 spiro atoms. The number of aromatic hydroxyl groups is 1. The van der Waals surface area contributed by atoms with Crippen LogP contribution in [0.25, 0.3) is 0 Å². The first-order chi connectivity index (χ1) is 9.71. The molecule has 2 aromatic rings. The third kappa shape index (κ3) is 2.29. The van der Waals surface area contributed by atoms with Gasteiger partial charge in [0, 0.05) is 6.54 Å². The van der Waals surface area contributed by atoms with Crippen LogP contribution in [-0.2, 0) is 10.2 Å². The largest absolute Gasteiger partial charge is 0.508 e. The van der Waals surface area contributed by atoms with Crippen molar-refractivity contribution in [1.29, 1.82) is 0 Å². The van der Waals surface area contributed by atoms with Crippen LogP contribution in [-0.4, -0.2) is 30.0 Å². The molecule has 0 saturated carbocycles. The Morgan fingerprint density at radius 3 is 2.30 bits per heavy atom. The van der Waals surface area contributed by atoms with Gasteiger partial charge in [-0.1, -0.05) is 42.5 Å². The van der Waals surface area contributed by atoms with Crippen molar-refractivity contribution in [2.75, 3.05) is 19.9 Å². The van der Waals surface area contributed by atoms with Gasteiger partial charge in [0.15, 0.2) is 0 Å². The molecule has 4 nitrogen and oxygen atoms in total. The number of hydrogen-bond donors (Lipinski definition) is 2. The fourth-order valence-corrected chi connectivity index (χ4v) is 2.83. The number of nitrogens with two attached hydrogens (primary N) is 1. The van der Waals surface area contributed by atoms with Gasteiger partial charge in [-0.25, -0.2) is 5.01 Å². The molecule has 1 aliphatic heterocycles. The molecule has 3 rings (SSSR count). The van der Waals surface area contributed by atoms with Gasteiger partial charge >= 0.3 is 0 Å². The molecule has 0 amide bonds. The average molecular weight is 270 g/mol. The maximum absolute atomic E-state index is 9.50. The molecule has 1 aliphatic rings. The summed E-state index contributed by atoms with van der Waals surface area (Å²) in [5, 5.41) is 11.2. The Labute approximate surface area is 118 Å². The highest BCUT2D eigenvalue weighted by Gasteiger charge is 2.38. The van der Waals surface area contributed by atoms with Gasteiger partial charge in [-0.05, 0) is 23.3 Å². The smallest absolute Gasteiger partial charge is 0.115 e. The van der Waals surface area contributed by atoms with Crippen LogP contribution < -0.4 is 5.84 Å². The molecular formula is C16H18N2O2. The van der Waals surface area contributed by atoms with Crippen LogP contribution in [0.1, 0.15) is 11.1 Å². The van der Waals surface area contributed by atoms with Crippen molar-refractivity contribution in [3.63, 3.8) is 0 Å². The monoisotopic (exact) mass is 270 g/mol. The number of nitrogens with zero attached hydrogens (tertiary/aromatic N) is 1. The van der Waals surface area contributed by atoms with Gasteiger partial charge in [-0.2, -0.15) is 0 Å². The number of phenols is 1. The van der Waals surface area contributed by atoms with E-state index in [1.165, 1.54) is 5.56 Å². The predicted molar refractivity (Wildman–Crippen MR) is 77.0 cm³/mol. The summed E-state index contributed by atoms with van der Waals surface area (Å²) in [6.07, 6.45) is 0. The summed E-state index contributed by atoms with van der Waals surface area (Å²) in [7, 11) is 0. The molecule has 104 valence electrons. The Bertz CT molecular complexity index is 571. The number of hydrogen-bond acceptors (Lipinski definition) is 4. The highest BCUT2D eigenvalue weighted by molar-refractivity contribution is 5.42. The molecule has 1 saturated heterocycles. The van der Waals surface area contributed by atoms with Gasteiger partial charge in [-0.3, -0.25) is 5.84 Å². The fraction of sp³-hybridized carbons (Fsp3) is 0.250. The first-order valence-electron chi connectivity index (χ1n) is 6.63. The van der Waals surface area contributed by atoms with Crippen molar-refractivity contribution >= 4 is 0 Å². The van der Waals surface area contributed by atoms with Gasteiger partial charge in [-0.15, -0.1) is 0 Å². The number of rotatable bonds is 2. The molecule has 0 radical (unpaired) electrons. The molecular weight excluding hydrogens is 252 g/mol. The third-order valence-corrected chi connectivity index (χ3v) is 3.82. The second-order valence-electron chi connectivity index (χ2n) is 5.22. The van der Waals surface area contributed by atoms with Crippen LogP contribution in [0.15, 0.2) is 54.6 Å². The van der Waals surface area contributed by atoms with Gasteiger partial charge < -0.3 is 9.84 Å². The fourth-order valence-electron chi connectivity index (χ4n) is 2.83. The van der Waals surface area contributed by atoms with E-state index in [4.69, 9.17) is 10.6 Å². The lowest BCUT2D eigenvalue weighted by Crippen LogP contribution is -2.53. The summed E-state index contributed by atoms with van der Waals surface area (Å²) in [5.41, 5.74) is 1.96. The molecule has 4 heteroatoms. The van der Waals surface area contributed by atoms with E-state index in [1.807, 2.05) is 30.3 Å². The standard InChI is InChI=1S/C16H18N2O2/c17-18-10-16(11-20-12-18,13-4-2-1-3-5-13)14-6-8-15(19)9-7-14/h1-9,19H,10-12,17H2. The number of ether oxygens (including phenoxy) is 1. The summed E-state index contributed by atoms with van der Waals surface area (Å²) >= 11 is 0. The summed E-state index contributed by atoms with van der Waals surface area (Å²) < 4.78 is 5.68. The highest BCUT2D eigenvalue weighted by atomic mass is 16.5. The first-order valence-corrected chi connectivity index (χ1v) is 6.63. The van der Waals surface area contributed by atoms with Crippen molar-refractivity contribution in [1.82, 2.24) is 5.01 Å². The van der Waals surface area contributed by atoms with Gasteiger partial charge in [0.05, 0.1) is 12.0 Å². The van der Waals surface area contributed by atoms with Gasteiger partial charge in [0.25, 0.3) is 0 Å². The van der Waals surface area contributed by atoms with Crippen molar-refractivity contribution in [3.8, 4) is 5.75 Å². The van der Waals surface area contributed by atoms with Crippen molar-refractivity contribution in [2.45, 2.75) is 5.41 Å². The first kappa shape index (κ1) is 13.1. The minimum atomic E-state index is -0.304. The minimum Gasteiger partial charge on any atom is -0.508 e. The van der Waals surface area contributed by atoms with E-state index in [1.54, 1.807) is 17.1 Å². The molecule has 0 aliphatic carbocycles. The predicted octanol–water partition coefficient (Wildman–Crippen LogP) is 1.84. The van der Waals surface area contributed by atoms with E-state index in [0.717, 1.165) is 5.56 Å². The number of phenolic OH excluding ortho intramolecular Hbond substituents is 1. The summed E-state index contributed by atoms with van der Waals surface area (Å²) in [6.45, 7) is 1.70. The second kappa shape index (κ2) is 5.25. The molecule has 2 aromatic carbocycles. The zero-order valence-corrected chi connectivity index (χ0v) is 11.2. The van der Waals surface area contributed by atoms with Crippen LogP contribution in [0.4, 0.5) is 0 Å². The van der Waals surface area contributed by atoms with Crippen molar-refractivity contribution in [3.05, 3.63) is 65.7 Å². The van der Waals surface area contributed by atoms with Crippen LogP contribution in [0, 0.1) is 0 Å². The lowest BCUT2D eigenvalue weighted by molar-refractivity contribution is -0.0499. The molecule has 20 heavy (non-hydrogen) atoms. The quantitative estimate of drug-likeness (QED) is 0.818. The Morgan fingerprint density at radius 2 is 1.65 bits per heavy atom. The summed E-state index contributed by atoms with van der Waals surface area (Å²) in [5.74, 6) is 6.24. The van der Waals surface area contributed by atoms with Crippen molar-refractivity contribution < 1.29 is 9.84 Å². The Kier molecular flexibility index (Phi) is 3.44. The molecule has 1 fully saturated rings. The molecule has 1 atom stereocenters. The molecule has 3 N–H and O–H groups in total. The zero-order valence-electron chi connectivity index (χ0n) is 11.2. The average Bonchev–Trinajstić information content (AvgIpc) is 2.49. The number of benzene rings is 2. The molecule has 0 bridgehead atoms. The van der Waals surface area contributed by atoms with E-state index in [0.29, 0.717) is 19.9 Å². The SMILES string of the molecule is NN1COCC(c2ccccc2)(c2ccc(O)cc2)C1. The Morgan fingerprint density at radius 1 is 1.00 bits per heavy atom. The third-order valence-electron chi connectivity index (χ3n) is 3.82. The second-order valence-corrected chi connectivity index (χ2v) is 5.22. The molecule has 1 unspecified atom stereocenters. The minimum absolute atomic E-state index is 0.262. The van der Waals surface area contributed by atoms with E-state index in [-0.39, 0.29) is 11.2 Å². The Hall–Kier alpha value is -1.88. The topological polar surface area (TPSA) is 58.7 Å². The normalized spacial score (nSPS) is 23.6.